The molecule has 0 N–H and O–H groups in total. The number of fused-ring (bicyclic) bond motifs is 5. The number of carbonyl (C=O) groups excluding carboxylic acids is 1. The predicted octanol–water partition coefficient (Wildman–Crippen LogP) is 9.16. The van der Waals surface area contributed by atoms with Crippen molar-refractivity contribution in [3.05, 3.63) is 11.6 Å². The summed E-state index contributed by atoms with van der Waals surface area (Å²) in [5.74, 6) is 4.70. The average Bonchev–Trinajstić information content (AvgIpc) is 3.09. The third-order valence-corrected chi connectivity index (χ3v) is 10.8. The molecule has 0 aromatic carbocycles. The molecular weight excluding hydrogens is 446 g/mol. The maximum atomic E-state index is 13.0. The number of alkyl halides is 2. The molecule has 5 heteroatoms. The van der Waals surface area contributed by atoms with Crippen molar-refractivity contribution in [1.82, 2.24) is 0 Å². The summed E-state index contributed by atoms with van der Waals surface area (Å²) in [6, 6.07) is 0. The van der Waals surface area contributed by atoms with Gasteiger partial charge in [-0.2, -0.15) is 8.78 Å². The van der Waals surface area contributed by atoms with Crippen LogP contribution in [0.25, 0.3) is 0 Å². The zero-order valence-corrected chi connectivity index (χ0v) is 22.9. The van der Waals surface area contributed by atoms with E-state index in [0.29, 0.717) is 24.7 Å². The fourth-order valence-corrected chi connectivity index (χ4v) is 9.06. The lowest BCUT2D eigenvalue weighted by Gasteiger charge is -2.58. The second-order valence-corrected chi connectivity index (χ2v) is 13.4. The quantitative estimate of drug-likeness (QED) is 0.261. The van der Waals surface area contributed by atoms with E-state index in [2.05, 4.69) is 45.4 Å². The van der Waals surface area contributed by atoms with E-state index in [0.717, 1.165) is 48.9 Å². The van der Waals surface area contributed by atoms with Crippen molar-refractivity contribution in [2.24, 2.45) is 46.3 Å². The molecule has 0 aromatic rings. The summed E-state index contributed by atoms with van der Waals surface area (Å²) in [5.41, 5.74) is 1.99. The first-order valence-corrected chi connectivity index (χ1v) is 14.3. The lowest BCUT2D eigenvalue weighted by atomic mass is 9.47. The van der Waals surface area contributed by atoms with E-state index in [9.17, 15) is 13.6 Å². The van der Waals surface area contributed by atoms with Crippen molar-refractivity contribution < 1.29 is 23.0 Å². The Kier molecular flexibility index (Phi) is 7.67. The fraction of sp³-hybridized carbons (Fsp3) is 0.900. The Morgan fingerprint density at radius 3 is 2.51 bits per heavy atom. The molecule has 35 heavy (non-hydrogen) atoms. The average molecular weight is 495 g/mol. The summed E-state index contributed by atoms with van der Waals surface area (Å²) in [6.45, 7) is 12.8. The number of carbonyl (C=O) groups is 1. The van der Waals surface area contributed by atoms with E-state index in [4.69, 9.17) is 4.74 Å². The molecule has 8 atom stereocenters. The summed E-state index contributed by atoms with van der Waals surface area (Å²) < 4.78 is 35.4. The van der Waals surface area contributed by atoms with E-state index >= 15 is 0 Å². The van der Waals surface area contributed by atoms with Crippen LogP contribution in [-0.4, -0.2) is 18.4 Å². The molecule has 0 amide bonds. The molecular formula is C30H48F2O3. The SMILES string of the molecule is CC(C)CCC[C@@H](C)[C@H]1CC[C@H]2[C@@H]3CC=C4CC(OC(=O)OC(C)(F)F)CC[C@]4(C)[C@H]3CC[C@]12C. The fourth-order valence-electron chi connectivity index (χ4n) is 9.06. The monoisotopic (exact) mass is 494 g/mol. The molecule has 4 aliphatic carbocycles. The van der Waals surface area contributed by atoms with Gasteiger partial charge in [0, 0.05) is 13.3 Å². The molecule has 200 valence electrons. The molecule has 0 radical (unpaired) electrons. The lowest BCUT2D eigenvalue weighted by Crippen LogP contribution is -2.51. The first kappa shape index (κ1) is 26.9. The van der Waals surface area contributed by atoms with Crippen LogP contribution < -0.4 is 0 Å². The van der Waals surface area contributed by atoms with E-state index in [1.54, 1.807) is 0 Å². The van der Waals surface area contributed by atoms with E-state index in [1.807, 2.05) is 0 Å². The highest BCUT2D eigenvalue weighted by molar-refractivity contribution is 5.60. The van der Waals surface area contributed by atoms with Gasteiger partial charge in [0.15, 0.2) is 0 Å². The highest BCUT2D eigenvalue weighted by Crippen LogP contribution is 2.67. The summed E-state index contributed by atoms with van der Waals surface area (Å²) >= 11 is 0. The van der Waals surface area contributed by atoms with Crippen LogP contribution in [0.4, 0.5) is 13.6 Å². The van der Waals surface area contributed by atoms with Gasteiger partial charge in [-0.15, -0.1) is 0 Å². The molecule has 3 fully saturated rings. The van der Waals surface area contributed by atoms with Crippen LogP contribution in [0.1, 0.15) is 112 Å². The normalized spacial score (nSPS) is 39.8. The van der Waals surface area contributed by atoms with Gasteiger partial charge in [0.1, 0.15) is 6.10 Å². The molecule has 0 saturated heterocycles. The lowest BCUT2D eigenvalue weighted by molar-refractivity contribution is -0.200. The van der Waals surface area contributed by atoms with Gasteiger partial charge in [-0.1, -0.05) is 65.5 Å². The predicted molar refractivity (Wildman–Crippen MR) is 135 cm³/mol. The molecule has 0 aliphatic heterocycles. The first-order valence-electron chi connectivity index (χ1n) is 14.3. The number of rotatable bonds is 7. The Bertz CT molecular complexity index is 802. The first-order chi connectivity index (χ1) is 16.3. The summed E-state index contributed by atoms with van der Waals surface area (Å²) in [7, 11) is 0. The highest BCUT2D eigenvalue weighted by atomic mass is 19.3. The molecule has 4 rings (SSSR count). The maximum Gasteiger partial charge on any atom is 0.513 e. The van der Waals surface area contributed by atoms with Gasteiger partial charge in [-0.05, 0) is 91.3 Å². The number of allylic oxidation sites excluding steroid dienone is 1. The van der Waals surface area contributed by atoms with Crippen LogP contribution in [0.3, 0.4) is 0 Å². The summed E-state index contributed by atoms with van der Waals surface area (Å²) in [5, 5.41) is 0. The van der Waals surface area contributed by atoms with Gasteiger partial charge >= 0.3 is 12.3 Å². The third-order valence-electron chi connectivity index (χ3n) is 10.8. The van der Waals surface area contributed by atoms with Gasteiger partial charge < -0.3 is 9.47 Å². The Balaban J connectivity index is 1.42. The Hall–Kier alpha value is -1.13. The van der Waals surface area contributed by atoms with Crippen LogP contribution in [0, 0.1) is 46.3 Å². The number of halogens is 2. The molecule has 4 aliphatic rings. The van der Waals surface area contributed by atoms with Crippen LogP contribution in [-0.2, 0) is 9.47 Å². The smallest absolute Gasteiger partial charge is 0.431 e. The van der Waals surface area contributed by atoms with Crippen molar-refractivity contribution in [3.8, 4) is 0 Å². The zero-order chi connectivity index (χ0) is 25.6. The summed E-state index contributed by atoms with van der Waals surface area (Å²) in [4.78, 5) is 11.8. The van der Waals surface area contributed by atoms with Gasteiger partial charge in [-0.25, -0.2) is 4.79 Å². The van der Waals surface area contributed by atoms with Crippen molar-refractivity contribution in [3.63, 3.8) is 0 Å². The molecule has 3 nitrogen and oxygen atoms in total. The van der Waals surface area contributed by atoms with Crippen LogP contribution in [0.5, 0.6) is 0 Å². The van der Waals surface area contributed by atoms with Gasteiger partial charge in [0.05, 0.1) is 0 Å². The van der Waals surface area contributed by atoms with Crippen molar-refractivity contribution in [2.75, 3.05) is 0 Å². The highest BCUT2D eigenvalue weighted by Gasteiger charge is 2.59. The van der Waals surface area contributed by atoms with Crippen molar-refractivity contribution in [1.29, 1.82) is 0 Å². The number of hydrogen-bond donors (Lipinski definition) is 0. The molecule has 1 unspecified atom stereocenters. The molecule has 0 spiro atoms. The summed E-state index contributed by atoms with van der Waals surface area (Å²) in [6.07, 6.45) is 10.2. The topological polar surface area (TPSA) is 35.5 Å². The second kappa shape index (κ2) is 9.97. The zero-order valence-electron chi connectivity index (χ0n) is 22.9. The number of ether oxygens (including phenoxy) is 2. The van der Waals surface area contributed by atoms with Crippen LogP contribution in [0.2, 0.25) is 0 Å². The Morgan fingerprint density at radius 2 is 1.83 bits per heavy atom. The van der Waals surface area contributed by atoms with Gasteiger partial charge in [-0.3, -0.25) is 0 Å². The van der Waals surface area contributed by atoms with E-state index in [1.165, 1.54) is 50.5 Å². The second-order valence-electron chi connectivity index (χ2n) is 13.4. The van der Waals surface area contributed by atoms with Crippen molar-refractivity contribution in [2.45, 2.75) is 124 Å². The maximum absolute atomic E-state index is 13.0. The Labute approximate surface area is 211 Å². The minimum absolute atomic E-state index is 0.143. The third kappa shape index (κ3) is 5.44. The van der Waals surface area contributed by atoms with Gasteiger partial charge in [0.2, 0.25) is 0 Å². The minimum atomic E-state index is -3.50. The van der Waals surface area contributed by atoms with Crippen molar-refractivity contribution >= 4 is 6.16 Å². The van der Waals surface area contributed by atoms with Crippen LogP contribution >= 0.6 is 0 Å². The standard InChI is InChI=1S/C30H48F2O3/c1-19(2)8-7-9-20(3)24-12-13-25-23-11-10-21-18-22(34-27(33)35-30(6,31)32)14-16-28(21,4)26(23)15-17-29(24,25)5/h10,19-20,22-26H,7-9,11-18H2,1-6H3/t20-,22?,23+,24-,25+,26+,28+,29-/m1/s1. The van der Waals surface area contributed by atoms with Gasteiger partial charge in [0.25, 0.3) is 0 Å². The van der Waals surface area contributed by atoms with Crippen LogP contribution in [0.15, 0.2) is 11.6 Å². The van der Waals surface area contributed by atoms with E-state index < -0.39 is 12.3 Å². The minimum Gasteiger partial charge on any atom is -0.431 e. The molecule has 0 bridgehead atoms. The number of hydrogen-bond acceptors (Lipinski definition) is 3. The molecule has 0 heterocycles. The van der Waals surface area contributed by atoms with E-state index in [-0.39, 0.29) is 11.5 Å². The Morgan fingerprint density at radius 1 is 1.09 bits per heavy atom. The molecule has 3 saturated carbocycles. The molecule has 0 aromatic heterocycles. The largest absolute Gasteiger partial charge is 0.513 e.